The largest absolute Gasteiger partial charge is 0.367 e. The van der Waals surface area contributed by atoms with Gasteiger partial charge < -0.3 is 10.2 Å². The van der Waals surface area contributed by atoms with Gasteiger partial charge >= 0.3 is 0 Å². The van der Waals surface area contributed by atoms with E-state index in [1.807, 2.05) is 0 Å². The molecule has 2 fully saturated rings. The molecule has 1 aromatic heterocycles. The summed E-state index contributed by atoms with van der Waals surface area (Å²) in [4.78, 5) is 14.4. The van der Waals surface area contributed by atoms with Crippen LogP contribution in [0.5, 0.6) is 0 Å². The van der Waals surface area contributed by atoms with Crippen molar-refractivity contribution in [3.8, 4) is 0 Å². The van der Waals surface area contributed by atoms with Gasteiger partial charge in [-0.1, -0.05) is 61.7 Å². The van der Waals surface area contributed by atoms with Crippen LogP contribution in [-0.2, 0) is 0 Å². The molecule has 1 aliphatic heterocycles. The molecule has 2 aliphatic rings. The van der Waals surface area contributed by atoms with Crippen molar-refractivity contribution < 1.29 is 0 Å². The first kappa shape index (κ1) is 19.9. The van der Waals surface area contributed by atoms with E-state index in [0.29, 0.717) is 6.04 Å². The van der Waals surface area contributed by atoms with Gasteiger partial charge in [0.25, 0.3) is 0 Å². The molecule has 0 bridgehead atoms. The average molecular weight is 392 g/mol. The van der Waals surface area contributed by atoms with E-state index in [1.54, 1.807) is 0 Å². The van der Waals surface area contributed by atoms with E-state index in [9.17, 15) is 0 Å². The Morgan fingerprint density at radius 2 is 1.76 bits per heavy atom. The molecule has 1 aliphatic carbocycles. The molecular formula is C24H33N5. The van der Waals surface area contributed by atoms with Crippen LogP contribution in [0.1, 0.15) is 43.4 Å². The second kappa shape index (κ2) is 9.88. The third kappa shape index (κ3) is 5.80. The summed E-state index contributed by atoms with van der Waals surface area (Å²) in [5, 5.41) is 3.66. The number of benzene rings is 1. The second-order valence-corrected chi connectivity index (χ2v) is 8.27. The molecule has 1 saturated heterocycles. The highest BCUT2D eigenvalue weighted by atomic mass is 15.3. The Hall–Kier alpha value is -2.40. The topological polar surface area (TPSA) is 44.3 Å². The number of hydrogen-bond donors (Lipinski definition) is 1. The van der Waals surface area contributed by atoms with Crippen molar-refractivity contribution in [2.24, 2.45) is 0 Å². The molecule has 2 aromatic rings. The predicted octanol–water partition coefficient (Wildman–Crippen LogP) is 4.37. The van der Waals surface area contributed by atoms with Gasteiger partial charge in [-0.2, -0.15) is 4.98 Å². The van der Waals surface area contributed by atoms with Gasteiger partial charge in [0.15, 0.2) is 0 Å². The Kier molecular flexibility index (Phi) is 6.78. The lowest BCUT2D eigenvalue weighted by Gasteiger charge is -2.34. The summed E-state index contributed by atoms with van der Waals surface area (Å²) in [5.41, 5.74) is 2.30. The molecular weight excluding hydrogens is 358 g/mol. The quantitative estimate of drug-likeness (QED) is 0.792. The molecule has 0 atom stereocenters. The molecule has 1 saturated carbocycles. The minimum atomic E-state index is 0.569. The summed E-state index contributed by atoms with van der Waals surface area (Å²) >= 11 is 0. The van der Waals surface area contributed by atoms with Gasteiger partial charge in [-0.05, 0) is 25.3 Å². The van der Waals surface area contributed by atoms with Crippen molar-refractivity contribution in [2.45, 2.75) is 45.1 Å². The highest BCUT2D eigenvalue weighted by Gasteiger charge is 2.20. The zero-order valence-electron chi connectivity index (χ0n) is 17.6. The third-order valence-electron chi connectivity index (χ3n) is 5.93. The lowest BCUT2D eigenvalue weighted by molar-refractivity contribution is 0.283. The molecule has 1 aromatic carbocycles. The Morgan fingerprint density at radius 3 is 2.52 bits per heavy atom. The summed E-state index contributed by atoms with van der Waals surface area (Å²) in [6.07, 6.45) is 11.0. The van der Waals surface area contributed by atoms with Crippen molar-refractivity contribution >= 4 is 17.8 Å². The first-order chi connectivity index (χ1) is 14.3. The summed E-state index contributed by atoms with van der Waals surface area (Å²) in [6, 6.07) is 13.2. The van der Waals surface area contributed by atoms with E-state index in [0.717, 1.165) is 50.2 Å². The highest BCUT2D eigenvalue weighted by Crippen LogP contribution is 2.22. The Balaban J connectivity index is 1.30. The molecule has 2 heterocycles. The maximum absolute atomic E-state index is 4.85. The minimum Gasteiger partial charge on any atom is -0.367 e. The van der Waals surface area contributed by atoms with Crippen molar-refractivity contribution in [3.05, 3.63) is 53.7 Å². The summed E-state index contributed by atoms with van der Waals surface area (Å²) < 4.78 is 0. The predicted molar refractivity (Wildman–Crippen MR) is 121 cm³/mol. The van der Waals surface area contributed by atoms with E-state index in [-0.39, 0.29) is 0 Å². The maximum Gasteiger partial charge on any atom is 0.227 e. The van der Waals surface area contributed by atoms with Gasteiger partial charge in [-0.15, -0.1) is 0 Å². The molecule has 29 heavy (non-hydrogen) atoms. The standard InChI is InChI=1S/C24H33N5/c1-20-19-23(26-22-12-6-3-7-13-22)27-24(25-20)29-17-15-28(16-18-29)14-8-11-21-9-4-2-5-10-21/h2,4-5,8-11,19,22H,3,6-7,12-18H2,1H3,(H,25,26,27)/b11-8+. The summed E-state index contributed by atoms with van der Waals surface area (Å²) in [5.74, 6) is 1.87. The normalized spacial score (nSPS) is 19.0. The SMILES string of the molecule is Cc1cc(NC2CCCCC2)nc(N2CCN(C/C=C/c3ccccc3)CC2)n1. The van der Waals surface area contributed by atoms with Gasteiger partial charge in [0, 0.05) is 50.5 Å². The van der Waals surface area contributed by atoms with Crippen LogP contribution >= 0.6 is 0 Å². The number of anilines is 2. The Morgan fingerprint density at radius 1 is 1.00 bits per heavy atom. The van der Waals surface area contributed by atoms with Crippen LogP contribution in [0.3, 0.4) is 0 Å². The Bertz CT molecular complexity index is 790. The van der Waals surface area contributed by atoms with Gasteiger partial charge in [-0.25, -0.2) is 4.98 Å². The fourth-order valence-corrected chi connectivity index (χ4v) is 4.26. The monoisotopic (exact) mass is 391 g/mol. The van der Waals surface area contributed by atoms with Crippen molar-refractivity contribution in [3.63, 3.8) is 0 Å². The van der Waals surface area contributed by atoms with E-state index < -0.39 is 0 Å². The van der Waals surface area contributed by atoms with Gasteiger partial charge in [-0.3, -0.25) is 4.90 Å². The number of rotatable bonds is 6. The van der Waals surface area contributed by atoms with E-state index in [4.69, 9.17) is 9.97 Å². The lowest BCUT2D eigenvalue weighted by Crippen LogP contribution is -2.47. The third-order valence-corrected chi connectivity index (χ3v) is 5.93. The van der Waals surface area contributed by atoms with Crippen molar-refractivity contribution in [2.75, 3.05) is 42.9 Å². The van der Waals surface area contributed by atoms with E-state index in [2.05, 4.69) is 70.6 Å². The molecule has 5 heteroatoms. The number of piperazine rings is 1. The minimum absolute atomic E-state index is 0.569. The van der Waals surface area contributed by atoms with Crippen LogP contribution in [0, 0.1) is 6.92 Å². The number of aryl methyl sites for hydroxylation is 1. The van der Waals surface area contributed by atoms with Gasteiger partial charge in [0.1, 0.15) is 5.82 Å². The summed E-state index contributed by atoms with van der Waals surface area (Å²) in [7, 11) is 0. The molecule has 0 radical (unpaired) electrons. The molecule has 5 nitrogen and oxygen atoms in total. The van der Waals surface area contributed by atoms with Gasteiger partial charge in [0.2, 0.25) is 5.95 Å². The fraction of sp³-hybridized carbons (Fsp3) is 0.500. The first-order valence-corrected chi connectivity index (χ1v) is 11.1. The van der Waals surface area contributed by atoms with E-state index in [1.165, 1.54) is 37.7 Å². The maximum atomic E-state index is 4.85. The van der Waals surface area contributed by atoms with Crippen LogP contribution in [0.15, 0.2) is 42.5 Å². The number of nitrogens with zero attached hydrogens (tertiary/aromatic N) is 4. The Labute approximate surface area is 174 Å². The van der Waals surface area contributed by atoms with Crippen molar-refractivity contribution in [1.29, 1.82) is 0 Å². The zero-order chi connectivity index (χ0) is 19.9. The van der Waals surface area contributed by atoms with Crippen LogP contribution in [-0.4, -0.2) is 53.6 Å². The molecule has 0 spiro atoms. The van der Waals surface area contributed by atoms with E-state index >= 15 is 0 Å². The number of hydrogen-bond acceptors (Lipinski definition) is 5. The average Bonchev–Trinajstić information content (AvgIpc) is 2.75. The van der Waals surface area contributed by atoms with Crippen LogP contribution in [0.4, 0.5) is 11.8 Å². The van der Waals surface area contributed by atoms with Crippen LogP contribution < -0.4 is 10.2 Å². The van der Waals surface area contributed by atoms with Crippen molar-refractivity contribution in [1.82, 2.24) is 14.9 Å². The number of aromatic nitrogens is 2. The van der Waals surface area contributed by atoms with Crippen LogP contribution in [0.2, 0.25) is 0 Å². The highest BCUT2D eigenvalue weighted by molar-refractivity contribution is 5.49. The van der Waals surface area contributed by atoms with Crippen LogP contribution in [0.25, 0.3) is 6.08 Å². The summed E-state index contributed by atoms with van der Waals surface area (Å²) in [6.45, 7) is 7.11. The number of nitrogens with one attached hydrogen (secondary N) is 1. The first-order valence-electron chi connectivity index (χ1n) is 11.1. The molecule has 1 N–H and O–H groups in total. The molecule has 154 valence electrons. The second-order valence-electron chi connectivity index (χ2n) is 8.27. The lowest BCUT2D eigenvalue weighted by atomic mass is 9.95. The molecule has 0 unspecified atom stereocenters. The van der Waals surface area contributed by atoms with Gasteiger partial charge in [0.05, 0.1) is 0 Å². The molecule has 4 rings (SSSR count). The smallest absolute Gasteiger partial charge is 0.227 e. The fourth-order valence-electron chi connectivity index (χ4n) is 4.26. The molecule has 0 amide bonds. The zero-order valence-corrected chi connectivity index (χ0v) is 17.6.